The van der Waals surface area contributed by atoms with Crippen molar-refractivity contribution in [1.82, 2.24) is 19.5 Å². The molecular weight excluding hydrogens is 412 g/mol. The summed E-state index contributed by atoms with van der Waals surface area (Å²) in [7, 11) is 0. The fourth-order valence-electron chi connectivity index (χ4n) is 3.14. The Bertz CT molecular complexity index is 1220. The summed E-state index contributed by atoms with van der Waals surface area (Å²) in [4.78, 5) is 25.5. The van der Waals surface area contributed by atoms with Crippen LogP contribution >= 0.6 is 15.9 Å². The molecule has 1 N–H and O–H groups in total. The van der Waals surface area contributed by atoms with E-state index in [-0.39, 0.29) is 11.5 Å². The molecule has 0 spiro atoms. The predicted molar refractivity (Wildman–Crippen MR) is 105 cm³/mol. The molecule has 1 atom stereocenters. The van der Waals surface area contributed by atoms with Crippen LogP contribution in [0, 0.1) is 6.92 Å². The minimum absolute atomic E-state index is 0.278. The lowest BCUT2D eigenvalue weighted by molar-refractivity contribution is -0.124. The molecule has 1 amide bonds. The van der Waals surface area contributed by atoms with Crippen molar-refractivity contribution in [2.24, 2.45) is 0 Å². The fourth-order valence-corrected chi connectivity index (χ4v) is 3.57. The number of nitrogens with zero attached hydrogens (tertiary/aromatic N) is 3. The Labute approximate surface area is 162 Å². The topological polar surface area (TPSA) is 81.5 Å². The van der Waals surface area contributed by atoms with Gasteiger partial charge in [0, 0.05) is 23.2 Å². The second-order valence-corrected chi connectivity index (χ2v) is 7.17. The Morgan fingerprint density at radius 1 is 1.30 bits per heavy atom. The van der Waals surface area contributed by atoms with Crippen LogP contribution in [0.2, 0.25) is 0 Å². The first-order chi connectivity index (χ1) is 13.0. The zero-order valence-electron chi connectivity index (χ0n) is 14.8. The number of aromatic nitrogens is 3. The Morgan fingerprint density at radius 2 is 2.07 bits per heavy atom. The molecule has 3 aromatic heterocycles. The Hall–Kier alpha value is -2.87. The standard InChI is InChI=1S/C19H17BrN4O3/c1-11(18(25)21-10-13-5-3-4-6-14(13)20)24-19(26)16-9-17-15(7-8-27-17)23(16)12(2)22-24/h3-9,11H,10H2,1-2H3,(H,21,25)/t11-/m0/s1. The van der Waals surface area contributed by atoms with Crippen molar-refractivity contribution in [3.63, 3.8) is 0 Å². The number of hydrogen-bond acceptors (Lipinski definition) is 4. The summed E-state index contributed by atoms with van der Waals surface area (Å²) in [5.74, 6) is 0.325. The van der Waals surface area contributed by atoms with E-state index < -0.39 is 6.04 Å². The Morgan fingerprint density at radius 3 is 2.85 bits per heavy atom. The molecule has 27 heavy (non-hydrogen) atoms. The average molecular weight is 429 g/mol. The second-order valence-electron chi connectivity index (χ2n) is 6.32. The van der Waals surface area contributed by atoms with Crippen LogP contribution in [0.5, 0.6) is 0 Å². The van der Waals surface area contributed by atoms with Gasteiger partial charge in [0.1, 0.15) is 17.4 Å². The van der Waals surface area contributed by atoms with Crippen molar-refractivity contribution in [3.05, 3.63) is 68.9 Å². The van der Waals surface area contributed by atoms with Crippen LogP contribution in [0.3, 0.4) is 0 Å². The lowest BCUT2D eigenvalue weighted by atomic mass is 10.2. The Kier molecular flexibility index (Phi) is 4.35. The second kappa shape index (κ2) is 6.70. The smallest absolute Gasteiger partial charge is 0.291 e. The van der Waals surface area contributed by atoms with Gasteiger partial charge in [-0.05, 0) is 25.5 Å². The number of rotatable bonds is 4. The molecule has 0 saturated carbocycles. The van der Waals surface area contributed by atoms with E-state index in [0.29, 0.717) is 23.5 Å². The summed E-state index contributed by atoms with van der Waals surface area (Å²) in [6.07, 6.45) is 1.57. The van der Waals surface area contributed by atoms with Crippen LogP contribution in [0.1, 0.15) is 24.4 Å². The lowest BCUT2D eigenvalue weighted by Gasteiger charge is -2.16. The number of aryl methyl sites for hydroxylation is 1. The molecule has 3 heterocycles. The highest BCUT2D eigenvalue weighted by Gasteiger charge is 2.21. The van der Waals surface area contributed by atoms with Crippen molar-refractivity contribution in [1.29, 1.82) is 0 Å². The van der Waals surface area contributed by atoms with E-state index in [9.17, 15) is 9.59 Å². The normalized spacial score (nSPS) is 12.6. The number of nitrogens with one attached hydrogen (secondary N) is 1. The molecule has 0 radical (unpaired) electrons. The van der Waals surface area contributed by atoms with Gasteiger partial charge in [0.25, 0.3) is 5.56 Å². The summed E-state index contributed by atoms with van der Waals surface area (Å²) in [5, 5.41) is 7.21. The number of amides is 1. The molecule has 0 bridgehead atoms. The fraction of sp³-hybridized carbons (Fsp3) is 0.211. The quantitative estimate of drug-likeness (QED) is 0.540. The van der Waals surface area contributed by atoms with Crippen molar-refractivity contribution >= 4 is 38.5 Å². The first-order valence-electron chi connectivity index (χ1n) is 8.46. The van der Waals surface area contributed by atoms with Crippen LogP contribution in [-0.4, -0.2) is 20.1 Å². The number of fused-ring (bicyclic) bond motifs is 3. The van der Waals surface area contributed by atoms with Gasteiger partial charge in [0.05, 0.1) is 11.8 Å². The molecule has 8 heteroatoms. The van der Waals surface area contributed by atoms with E-state index in [1.165, 1.54) is 4.68 Å². The van der Waals surface area contributed by atoms with E-state index in [1.807, 2.05) is 24.3 Å². The highest BCUT2D eigenvalue weighted by atomic mass is 79.9. The number of carbonyl (C=O) groups excluding carboxylic acids is 1. The van der Waals surface area contributed by atoms with Crippen molar-refractivity contribution in [2.75, 3.05) is 0 Å². The van der Waals surface area contributed by atoms with Crippen LogP contribution in [-0.2, 0) is 11.3 Å². The van der Waals surface area contributed by atoms with Gasteiger partial charge in [-0.15, -0.1) is 0 Å². The van der Waals surface area contributed by atoms with E-state index in [1.54, 1.807) is 36.6 Å². The van der Waals surface area contributed by atoms with Gasteiger partial charge in [-0.2, -0.15) is 5.10 Å². The van der Waals surface area contributed by atoms with Crippen molar-refractivity contribution in [3.8, 4) is 0 Å². The summed E-state index contributed by atoms with van der Waals surface area (Å²) in [5.41, 5.74) is 2.45. The molecule has 1 aromatic carbocycles. The summed E-state index contributed by atoms with van der Waals surface area (Å²) in [6, 6.07) is 10.4. The lowest BCUT2D eigenvalue weighted by Crippen LogP contribution is -2.38. The molecule has 7 nitrogen and oxygen atoms in total. The molecule has 138 valence electrons. The van der Waals surface area contributed by atoms with Gasteiger partial charge < -0.3 is 9.73 Å². The minimum atomic E-state index is -0.745. The average Bonchev–Trinajstić information content (AvgIpc) is 3.24. The Balaban J connectivity index is 1.65. The molecule has 0 unspecified atom stereocenters. The van der Waals surface area contributed by atoms with Gasteiger partial charge in [-0.1, -0.05) is 34.1 Å². The number of halogens is 1. The highest BCUT2D eigenvalue weighted by Crippen LogP contribution is 2.20. The molecule has 0 saturated heterocycles. The first kappa shape index (κ1) is 17.5. The van der Waals surface area contributed by atoms with Gasteiger partial charge in [0.15, 0.2) is 5.58 Å². The van der Waals surface area contributed by atoms with Crippen molar-refractivity contribution < 1.29 is 9.21 Å². The van der Waals surface area contributed by atoms with E-state index in [2.05, 4.69) is 26.3 Å². The minimum Gasteiger partial charge on any atom is -0.463 e. The third-order valence-electron chi connectivity index (χ3n) is 4.58. The third kappa shape index (κ3) is 2.95. The maximum Gasteiger partial charge on any atom is 0.291 e. The summed E-state index contributed by atoms with van der Waals surface area (Å²) < 4.78 is 9.26. The van der Waals surface area contributed by atoms with E-state index in [0.717, 1.165) is 15.6 Å². The predicted octanol–water partition coefficient (Wildman–Crippen LogP) is 3.19. The van der Waals surface area contributed by atoms with Gasteiger partial charge in [-0.25, -0.2) is 4.68 Å². The summed E-state index contributed by atoms with van der Waals surface area (Å²) >= 11 is 3.46. The van der Waals surface area contributed by atoms with Crippen LogP contribution in [0.25, 0.3) is 16.6 Å². The molecule has 4 aromatic rings. The molecule has 4 rings (SSSR count). The molecule has 0 aliphatic carbocycles. The van der Waals surface area contributed by atoms with Gasteiger partial charge in [-0.3, -0.25) is 14.0 Å². The summed E-state index contributed by atoms with van der Waals surface area (Å²) in [6.45, 7) is 3.81. The van der Waals surface area contributed by atoms with Crippen molar-refractivity contribution in [2.45, 2.75) is 26.4 Å². The largest absolute Gasteiger partial charge is 0.463 e. The maximum absolute atomic E-state index is 12.9. The number of furan rings is 1. The molecular formula is C19H17BrN4O3. The maximum atomic E-state index is 12.9. The first-order valence-corrected chi connectivity index (χ1v) is 9.26. The van der Waals surface area contributed by atoms with E-state index in [4.69, 9.17) is 4.42 Å². The molecule has 0 aliphatic rings. The zero-order chi connectivity index (χ0) is 19.1. The molecule has 0 aliphatic heterocycles. The van der Waals surface area contributed by atoms with Crippen LogP contribution < -0.4 is 10.9 Å². The highest BCUT2D eigenvalue weighted by molar-refractivity contribution is 9.10. The van der Waals surface area contributed by atoms with Gasteiger partial charge >= 0.3 is 0 Å². The van der Waals surface area contributed by atoms with Crippen LogP contribution in [0.15, 0.2) is 56.3 Å². The number of carbonyl (C=O) groups is 1. The SMILES string of the molecule is Cc1nn([C@@H](C)C(=O)NCc2ccccc2Br)c(=O)c2cc3occc3n12. The third-order valence-corrected chi connectivity index (χ3v) is 5.36. The number of hydrogen-bond donors (Lipinski definition) is 1. The zero-order valence-corrected chi connectivity index (χ0v) is 16.4. The monoisotopic (exact) mass is 428 g/mol. The van der Waals surface area contributed by atoms with Gasteiger partial charge in [0.2, 0.25) is 5.91 Å². The molecule has 0 fully saturated rings. The number of benzene rings is 1. The van der Waals surface area contributed by atoms with E-state index >= 15 is 0 Å². The van der Waals surface area contributed by atoms with Crippen LogP contribution in [0.4, 0.5) is 0 Å².